The van der Waals surface area contributed by atoms with Crippen LogP contribution >= 0.6 is 0 Å². The van der Waals surface area contributed by atoms with Crippen molar-refractivity contribution in [3.63, 3.8) is 0 Å². The second-order valence-corrected chi connectivity index (χ2v) is 14.2. The maximum atomic E-state index is 6.60. The summed E-state index contributed by atoms with van der Waals surface area (Å²) in [5.74, 6) is 1.69. The summed E-state index contributed by atoms with van der Waals surface area (Å²) in [7, 11) is 0. The molecule has 0 fully saturated rings. The number of rotatable bonds is 4. The number of aromatic nitrogens is 2. The molecule has 0 saturated carbocycles. The fraction of sp³-hybridized carbons (Fsp3) is 0. The van der Waals surface area contributed by atoms with Crippen molar-refractivity contribution in [2.24, 2.45) is 0 Å². The molecule has 0 atom stereocenters. The molecule has 8 aromatic carbocycles. The molecule has 0 radical (unpaired) electrons. The van der Waals surface area contributed by atoms with E-state index >= 15 is 0 Å². The maximum absolute atomic E-state index is 6.60. The van der Waals surface area contributed by atoms with E-state index in [-0.39, 0.29) is 0 Å². The Balaban J connectivity index is 0.970. The second-order valence-electron chi connectivity index (χ2n) is 14.2. The highest BCUT2D eigenvalue weighted by atomic mass is 16.5. The molecule has 0 unspecified atom stereocenters. The molecule has 0 saturated heterocycles. The Labute approximate surface area is 316 Å². The molecule has 0 amide bonds. The summed E-state index contributed by atoms with van der Waals surface area (Å²) in [5.41, 5.74) is 12.8. The zero-order valence-corrected chi connectivity index (χ0v) is 29.6. The van der Waals surface area contributed by atoms with Crippen molar-refractivity contribution in [2.75, 3.05) is 4.90 Å². The van der Waals surface area contributed by atoms with Gasteiger partial charge in [-0.2, -0.15) is 0 Å². The molecule has 0 spiro atoms. The summed E-state index contributed by atoms with van der Waals surface area (Å²) < 4.78 is 17.5. The number of fused-ring (bicyclic) bond motifs is 10. The molecule has 3 aromatic heterocycles. The summed E-state index contributed by atoms with van der Waals surface area (Å²) in [6.07, 6.45) is 0. The predicted molar refractivity (Wildman–Crippen MR) is 225 cm³/mol. The van der Waals surface area contributed by atoms with E-state index in [2.05, 4.69) is 172 Å². The van der Waals surface area contributed by atoms with Crippen LogP contribution in [0.1, 0.15) is 0 Å². The van der Waals surface area contributed by atoms with E-state index in [1.807, 2.05) is 30.3 Å². The van der Waals surface area contributed by atoms with E-state index in [0.29, 0.717) is 0 Å². The molecule has 0 aliphatic carbocycles. The number of anilines is 3. The van der Waals surface area contributed by atoms with Gasteiger partial charge in [0.05, 0.1) is 33.3 Å². The lowest BCUT2D eigenvalue weighted by Gasteiger charge is -2.32. The molecule has 11 aromatic rings. The summed E-state index contributed by atoms with van der Waals surface area (Å²) in [4.78, 5) is 2.30. The summed E-state index contributed by atoms with van der Waals surface area (Å²) in [5, 5.41) is 5.85. The normalized spacial score (nSPS) is 12.5. The highest BCUT2D eigenvalue weighted by Crippen LogP contribution is 2.51. The number of benzene rings is 8. The lowest BCUT2D eigenvalue weighted by atomic mass is 10.0. The van der Waals surface area contributed by atoms with Crippen molar-refractivity contribution in [1.82, 2.24) is 9.13 Å². The maximum Gasteiger partial charge on any atom is 0.213 e. The third-order valence-corrected chi connectivity index (χ3v) is 11.1. The van der Waals surface area contributed by atoms with Crippen molar-refractivity contribution in [1.29, 1.82) is 0 Å². The molecule has 12 rings (SSSR count). The SMILES string of the molecule is c1ccc(-n2c3ccccc3c3c4cc(-c5ccc(-n6c7ccccc7c7cc(N8c9ccccc9Oc9ccccc98)ccc76)cc5)ccc4oc32)cc1. The van der Waals surface area contributed by atoms with Crippen LogP contribution in [-0.2, 0) is 0 Å². The molecule has 5 nitrogen and oxygen atoms in total. The van der Waals surface area contributed by atoms with Gasteiger partial charge in [0.1, 0.15) is 5.58 Å². The van der Waals surface area contributed by atoms with Crippen molar-refractivity contribution in [3.05, 3.63) is 188 Å². The Kier molecular flexibility index (Phi) is 6.27. The lowest BCUT2D eigenvalue weighted by Crippen LogP contribution is -2.15. The first kappa shape index (κ1) is 30.0. The first-order valence-corrected chi connectivity index (χ1v) is 18.6. The van der Waals surface area contributed by atoms with Gasteiger partial charge in [-0.15, -0.1) is 0 Å². The fourth-order valence-corrected chi connectivity index (χ4v) is 8.67. The van der Waals surface area contributed by atoms with Gasteiger partial charge in [-0.1, -0.05) is 97.1 Å². The molecule has 4 heterocycles. The lowest BCUT2D eigenvalue weighted by molar-refractivity contribution is 0.477. The predicted octanol–water partition coefficient (Wildman–Crippen LogP) is 13.9. The Morgan fingerprint density at radius 3 is 1.71 bits per heavy atom. The van der Waals surface area contributed by atoms with Crippen LogP contribution in [0, 0.1) is 0 Å². The van der Waals surface area contributed by atoms with Gasteiger partial charge in [0, 0.05) is 38.6 Å². The van der Waals surface area contributed by atoms with E-state index in [9.17, 15) is 0 Å². The van der Waals surface area contributed by atoms with E-state index in [0.717, 1.165) is 84.2 Å². The fourth-order valence-electron chi connectivity index (χ4n) is 8.67. The minimum atomic E-state index is 0.846. The molecular weight excluding hydrogens is 675 g/mol. The van der Waals surface area contributed by atoms with Crippen molar-refractivity contribution >= 4 is 71.8 Å². The van der Waals surface area contributed by atoms with Gasteiger partial charge in [0.15, 0.2) is 11.5 Å². The van der Waals surface area contributed by atoms with Gasteiger partial charge in [0.25, 0.3) is 0 Å². The van der Waals surface area contributed by atoms with E-state index < -0.39 is 0 Å². The topological polar surface area (TPSA) is 35.5 Å². The van der Waals surface area contributed by atoms with Gasteiger partial charge >= 0.3 is 0 Å². The number of furan rings is 1. The Hall–Kier alpha value is -7.50. The monoisotopic (exact) mass is 705 g/mol. The quantitative estimate of drug-likeness (QED) is 0.183. The van der Waals surface area contributed by atoms with Crippen molar-refractivity contribution in [3.8, 4) is 34.0 Å². The third-order valence-electron chi connectivity index (χ3n) is 11.1. The van der Waals surface area contributed by atoms with Crippen molar-refractivity contribution in [2.45, 2.75) is 0 Å². The molecule has 1 aliphatic heterocycles. The highest BCUT2D eigenvalue weighted by molar-refractivity contribution is 6.20. The van der Waals surface area contributed by atoms with Crippen LogP contribution in [0.4, 0.5) is 17.1 Å². The molecule has 0 bridgehead atoms. The molecule has 0 N–H and O–H groups in total. The van der Waals surface area contributed by atoms with E-state index in [4.69, 9.17) is 9.15 Å². The average Bonchev–Trinajstić information content (AvgIpc) is 3.89. The molecule has 258 valence electrons. The first-order valence-electron chi connectivity index (χ1n) is 18.6. The molecule has 1 aliphatic rings. The number of hydrogen-bond acceptors (Lipinski definition) is 3. The Morgan fingerprint density at radius 2 is 0.945 bits per heavy atom. The van der Waals surface area contributed by atoms with Crippen LogP contribution in [0.25, 0.3) is 77.3 Å². The standard InChI is InChI=1S/C50H31N3O2/c1-2-12-34(13-3-1)53-42-17-7-5-15-38(42)49-40-30-33(24-29-46(40)55-50(49)53)32-22-25-35(26-23-32)51-41-16-6-4-14-37(41)39-31-36(27-28-43(39)51)52-44-18-8-10-20-47(44)54-48-21-11-9-19-45(48)52/h1-31H. The molecule has 5 heteroatoms. The number of ether oxygens (including phenoxy) is 1. The van der Waals surface area contributed by atoms with Gasteiger partial charge in [-0.05, 0) is 102 Å². The highest BCUT2D eigenvalue weighted by Gasteiger charge is 2.26. The minimum absolute atomic E-state index is 0.846. The van der Waals surface area contributed by atoms with Gasteiger partial charge in [-0.3, -0.25) is 4.57 Å². The summed E-state index contributed by atoms with van der Waals surface area (Å²) in [6, 6.07) is 66.5. The van der Waals surface area contributed by atoms with E-state index in [1.165, 1.54) is 21.7 Å². The number of nitrogens with zero attached hydrogens (tertiary/aromatic N) is 3. The minimum Gasteiger partial charge on any atom is -0.453 e. The summed E-state index contributed by atoms with van der Waals surface area (Å²) in [6.45, 7) is 0. The van der Waals surface area contributed by atoms with Crippen LogP contribution < -0.4 is 9.64 Å². The van der Waals surface area contributed by atoms with Crippen molar-refractivity contribution < 1.29 is 9.15 Å². The van der Waals surface area contributed by atoms with E-state index in [1.54, 1.807) is 0 Å². The van der Waals surface area contributed by atoms with Crippen LogP contribution in [-0.4, -0.2) is 9.13 Å². The number of hydrogen-bond donors (Lipinski definition) is 0. The van der Waals surface area contributed by atoms with Crippen LogP contribution in [0.15, 0.2) is 192 Å². The third kappa shape index (κ3) is 4.41. The molecule has 55 heavy (non-hydrogen) atoms. The van der Waals surface area contributed by atoms with Crippen LogP contribution in [0.2, 0.25) is 0 Å². The van der Waals surface area contributed by atoms with Gasteiger partial charge in [0.2, 0.25) is 5.71 Å². The van der Waals surface area contributed by atoms with Crippen LogP contribution in [0.5, 0.6) is 11.5 Å². The second kappa shape index (κ2) is 11.5. The first-order chi connectivity index (χ1) is 27.3. The zero-order valence-electron chi connectivity index (χ0n) is 29.6. The Bertz CT molecular complexity index is 3250. The zero-order chi connectivity index (χ0) is 36.0. The molecular formula is C50H31N3O2. The van der Waals surface area contributed by atoms with Gasteiger partial charge < -0.3 is 18.6 Å². The van der Waals surface area contributed by atoms with Crippen LogP contribution in [0.3, 0.4) is 0 Å². The largest absolute Gasteiger partial charge is 0.453 e. The number of para-hydroxylation sites is 7. The smallest absolute Gasteiger partial charge is 0.213 e. The Morgan fingerprint density at radius 1 is 0.364 bits per heavy atom. The summed E-state index contributed by atoms with van der Waals surface area (Å²) >= 11 is 0. The van der Waals surface area contributed by atoms with Gasteiger partial charge in [-0.25, -0.2) is 0 Å². The average molecular weight is 706 g/mol.